The Hall–Kier alpha value is -0.110. The zero-order valence-electron chi connectivity index (χ0n) is 114. The fourth-order valence-electron chi connectivity index (χ4n) is 17.7. The molecule has 13 rings (SSSR count). The lowest BCUT2D eigenvalue weighted by molar-refractivity contribution is 0.0238. The third-order valence-electron chi connectivity index (χ3n) is 24.7. The largest absolute Gasteiger partial charge is 0.381 e. The van der Waals surface area contributed by atoms with Gasteiger partial charge in [0.05, 0.1) is 37.9 Å². The van der Waals surface area contributed by atoms with Crippen LogP contribution in [0.2, 0.25) is 0 Å². The minimum Gasteiger partial charge on any atom is -0.381 e. The van der Waals surface area contributed by atoms with Gasteiger partial charge >= 0.3 is 0 Å². The number of thioether (sulfide) groups is 1. The number of hydrogen-bond acceptors (Lipinski definition) is 18. The highest BCUT2D eigenvalue weighted by molar-refractivity contribution is 7.99. The Labute approximate surface area is 942 Å². The fourth-order valence-corrected chi connectivity index (χ4v) is 20.9. The summed E-state index contributed by atoms with van der Waals surface area (Å²) in [4.78, 5) is 30.7. The molecule has 0 radical (unpaired) electrons. The number of likely N-dealkylation sites (tertiary alicyclic amines) is 5. The van der Waals surface area contributed by atoms with Gasteiger partial charge in [0.2, 0.25) is 0 Å². The lowest BCUT2D eigenvalue weighted by Gasteiger charge is -2.44. The summed E-state index contributed by atoms with van der Waals surface area (Å²) in [5.74, 6) is 13.9. The first-order valence-corrected chi connectivity index (χ1v) is 67.8. The van der Waals surface area contributed by atoms with Crippen LogP contribution in [0.5, 0.6) is 0 Å². The van der Waals surface area contributed by atoms with Crippen molar-refractivity contribution in [1.29, 1.82) is 0 Å². The van der Waals surface area contributed by atoms with Crippen molar-refractivity contribution in [3.63, 3.8) is 0 Å². The second-order valence-corrected chi connectivity index (χ2v) is 51.2. The van der Waals surface area contributed by atoms with Crippen molar-refractivity contribution in [2.45, 2.75) is 585 Å². The van der Waals surface area contributed by atoms with Crippen molar-refractivity contribution in [3.05, 3.63) is 0 Å². The molecular weight excluding hydrogens is 1870 g/mol. The van der Waals surface area contributed by atoms with Crippen LogP contribution in [-0.4, -0.2) is 360 Å². The van der Waals surface area contributed by atoms with Crippen LogP contribution in [0.3, 0.4) is 0 Å². The predicted molar refractivity (Wildman–Crippen MR) is 686 cm³/mol. The molecule has 147 heavy (non-hydrogen) atoms. The Balaban J connectivity index is -0.000000119. The molecule has 1 saturated carbocycles. The van der Waals surface area contributed by atoms with E-state index in [1.54, 1.807) is 0 Å². The smallest absolute Gasteiger partial charge is 0.152 e. The second kappa shape index (κ2) is 115. The van der Waals surface area contributed by atoms with Crippen molar-refractivity contribution < 1.29 is 22.1 Å². The van der Waals surface area contributed by atoms with Crippen LogP contribution in [0.15, 0.2) is 0 Å². The third kappa shape index (κ3) is 99.9. The number of nitrogens with zero attached hydrogens (tertiary/aromatic N) is 12. The molecule has 12 saturated heterocycles. The quantitative estimate of drug-likeness (QED) is 0.185. The summed E-state index contributed by atoms with van der Waals surface area (Å²) in [6, 6.07) is 11.8. The molecule has 0 amide bonds. The van der Waals surface area contributed by atoms with Crippen molar-refractivity contribution in [2.24, 2.45) is 59.2 Å². The molecule has 12 aliphatic heterocycles. The van der Waals surface area contributed by atoms with Crippen LogP contribution in [0.1, 0.15) is 488 Å². The summed E-state index contributed by atoms with van der Waals surface area (Å²) >= 11 is 2.07. The van der Waals surface area contributed by atoms with E-state index in [2.05, 4.69) is 361 Å². The summed E-state index contributed by atoms with van der Waals surface area (Å²) in [7, 11) is -3.21. The summed E-state index contributed by atoms with van der Waals surface area (Å²) in [6.45, 7) is 165. The van der Waals surface area contributed by atoms with Crippen LogP contribution < -0.4 is 0 Å². The summed E-state index contributed by atoms with van der Waals surface area (Å²) in [6.07, 6.45) is 10.1. The first-order valence-electron chi connectivity index (χ1n) is 63.3. The van der Waals surface area contributed by atoms with Gasteiger partial charge in [-0.05, 0) is 265 Å². The van der Waals surface area contributed by atoms with E-state index in [9.17, 15) is 12.6 Å². The monoisotopic (exact) mass is 2160 g/mol. The lowest BCUT2D eigenvalue weighted by atomic mass is 10.0. The van der Waals surface area contributed by atoms with E-state index in [4.69, 9.17) is 9.47 Å². The van der Waals surface area contributed by atoms with Gasteiger partial charge in [-0.2, -0.15) is 11.8 Å². The zero-order valence-corrected chi connectivity index (χ0v) is 116. The number of piperazine rings is 2. The molecule has 17 nitrogen and oxygen atoms in total. The number of morpholine rings is 1. The van der Waals surface area contributed by atoms with E-state index in [1.807, 2.05) is 152 Å². The van der Waals surface area contributed by atoms with E-state index in [0.29, 0.717) is 54.8 Å². The van der Waals surface area contributed by atoms with Crippen molar-refractivity contribution in [3.8, 4) is 0 Å². The summed E-state index contributed by atoms with van der Waals surface area (Å²) in [5.41, 5.74) is 0. The molecule has 0 N–H and O–H groups in total. The second-order valence-electron chi connectivity index (χ2n) is 46.0. The highest BCUT2D eigenvalue weighted by Crippen LogP contribution is 2.39. The average molecular weight is 2160 g/mol. The predicted octanol–water partition coefficient (Wildman–Crippen LogP) is 32.4. The Bertz CT molecular complexity index is 2420. The molecule has 1 aliphatic carbocycles. The van der Waals surface area contributed by atoms with E-state index < -0.39 is 20.6 Å². The molecule has 0 spiro atoms. The van der Waals surface area contributed by atoms with Crippen LogP contribution in [0, 0.1) is 59.2 Å². The molecule has 13 aliphatic rings. The first-order chi connectivity index (χ1) is 69.0. The van der Waals surface area contributed by atoms with Crippen molar-refractivity contribution in [2.75, 3.05) is 192 Å². The Morgan fingerprint density at radius 1 is 0.238 bits per heavy atom. The third-order valence-corrected chi connectivity index (χ3v) is 28.5. The van der Waals surface area contributed by atoms with Gasteiger partial charge in [0.25, 0.3) is 0 Å². The molecular formula is C127H292N12O5S3. The van der Waals surface area contributed by atoms with Gasteiger partial charge in [0.1, 0.15) is 0 Å². The normalized spacial score (nSPS) is 22.5. The minimum atomic E-state index is -2.69. The van der Waals surface area contributed by atoms with Gasteiger partial charge in [-0.25, -0.2) is 8.42 Å². The van der Waals surface area contributed by atoms with Crippen LogP contribution >= 0.6 is 11.8 Å². The Morgan fingerprint density at radius 3 is 0.714 bits per heavy atom. The molecule has 4 unspecified atom stereocenters. The van der Waals surface area contributed by atoms with Crippen LogP contribution in [-0.2, 0) is 30.1 Å². The molecule has 0 aromatic rings. The maximum atomic E-state index is 11.0. The molecule has 0 aromatic heterocycles. The molecule has 8 atom stereocenters. The molecule has 4 bridgehead atoms. The molecule has 908 valence electrons. The number of rotatable bonds is 12. The Morgan fingerprint density at radius 2 is 0.476 bits per heavy atom. The maximum Gasteiger partial charge on any atom is 0.152 e. The number of fused-ring (bicyclic) bond motifs is 6. The van der Waals surface area contributed by atoms with E-state index in [1.165, 1.54) is 148 Å². The van der Waals surface area contributed by atoms with Crippen LogP contribution in [0.25, 0.3) is 0 Å². The van der Waals surface area contributed by atoms with Gasteiger partial charge < -0.3 is 19.3 Å². The number of hydrogen-bond donors (Lipinski definition) is 0. The Kier molecular flexibility index (Phi) is 137. The van der Waals surface area contributed by atoms with E-state index >= 15 is 0 Å². The molecule has 12 heterocycles. The van der Waals surface area contributed by atoms with Gasteiger partial charge in [-0.3, -0.25) is 53.2 Å². The van der Waals surface area contributed by atoms with Gasteiger partial charge in [-0.15, -0.1) is 0 Å². The van der Waals surface area contributed by atoms with Gasteiger partial charge in [-0.1, -0.05) is 283 Å². The highest BCUT2D eigenvalue weighted by atomic mass is 32.2. The fraction of sp³-hybridized carbons (Fsp3) is 1.00. The highest BCUT2D eigenvalue weighted by Gasteiger charge is 2.45. The summed E-state index contributed by atoms with van der Waals surface area (Å²) in [5, 5.41) is 0. The SMILES string of the molecule is CC.CC.CC.CC.CC.CC.CC.CC.CC.CC.CC.CC(C)C.CC(C)C.CC(C)C.CC(C)C.CC(C)C.CC(C)C.CC(C)N1CC2CCCC2C1.CC(C)N1CC2COCC2C1.CC(C)N1CCCN(C(C)C)CC1.CC(C)N1CCOCC1.CC(C)N1CCS(=O)(=O)CC1.CC(C)N1CCS(=O)CC1.CC(C)N1CCSCC1.CC(C)N1C[C@H]2CC[C@@H](C1)N2C(C)C.CC(C)N1C[C@H]2C[C@@H]1CN2C(C)C. The first kappa shape index (κ1) is 174. The standard InChI is InChI=1S/C12H24N2.C11H22N2.C11H24N2.C10H19N.C9H17NO.C7H15NO2S.C7H15NOS.C7H15NO.C7H15NS.6C4H10.11C2H6/c1-9(2)13-7-11-5-6-12(8-13)14(11)10(3)4;1-8(2)12-6-11-5-10(12)7-13(11)9(3)4;1-10(2)12-6-5-7-13(9-8-12)11(3)4;1-8(2)11-6-9-4-3-5-10(9)7-11;1-7(2)10-3-8-5-11-6-9(8)4-10;1-7(2)8-3-5-11(9,10)6-4-8;1-7(2)8-3-5-10(9)6-4-8;2*1-7(2)8-3-5-9-6-4-8;6*1-4(2)3;11*1-2/h9-12H,5-8H2,1-4H3;8-11H,5-7H2,1-4H3;10-11H,5-9H2,1-4H3;8-10H,3-7H2,1-2H3;7-9H,3-6H2,1-2H3;7H,3-6H2,1-2H3;7H,3-6H2,1-2H3;2*7H,3-6H2,1-2H3;6*4H,1-3H3;11*1-2H3/t11-,12+;10-,11-;;;;;;;;;;;;;;;;;;;;;;;;/m.1......................../s1. The van der Waals surface area contributed by atoms with Crippen molar-refractivity contribution >= 4 is 32.4 Å². The zero-order chi connectivity index (χ0) is 118. The van der Waals surface area contributed by atoms with E-state index in [-0.39, 0.29) is 0 Å². The maximum absolute atomic E-state index is 11.0. The molecule has 20 heteroatoms. The lowest BCUT2D eigenvalue weighted by Crippen LogP contribution is -2.57. The van der Waals surface area contributed by atoms with Gasteiger partial charge in [0, 0.05) is 260 Å². The van der Waals surface area contributed by atoms with Crippen LogP contribution in [0.4, 0.5) is 0 Å². The number of ether oxygens (including phenoxy) is 2. The minimum absolute atomic E-state index is 0.338. The summed E-state index contributed by atoms with van der Waals surface area (Å²) < 4.78 is 43.5. The average Bonchev–Trinajstić information content (AvgIpc) is 1.63. The molecule has 0 aromatic carbocycles. The molecule has 13 fully saturated rings. The van der Waals surface area contributed by atoms with E-state index in [0.717, 1.165) is 190 Å². The van der Waals surface area contributed by atoms with Crippen molar-refractivity contribution in [1.82, 2.24) is 58.8 Å². The number of sulfone groups is 1. The van der Waals surface area contributed by atoms with Gasteiger partial charge in [0.15, 0.2) is 9.84 Å². The topological polar surface area (TPSA) is 109 Å².